The molecule has 0 bridgehead atoms. The number of nitrogens with zero attached hydrogens (tertiary/aromatic N) is 1. The molecule has 1 amide bonds. The number of carbonyl (C=O) groups excluding carboxylic acids is 1. The van der Waals surface area contributed by atoms with Gasteiger partial charge >= 0.3 is 12.6 Å². The number of carboxylic acid groups (broad SMARTS) is 1. The minimum atomic E-state index is -3.03. The van der Waals surface area contributed by atoms with E-state index >= 15 is 0 Å². The smallest absolute Gasteiger partial charge is 0.387 e. The van der Waals surface area contributed by atoms with E-state index in [0.717, 1.165) is 0 Å². The minimum absolute atomic E-state index is 0.0441. The molecule has 154 valence electrons. The quantitative estimate of drug-likeness (QED) is 0.654. The average Bonchev–Trinajstić information content (AvgIpc) is 3.05. The van der Waals surface area contributed by atoms with Gasteiger partial charge in [0, 0.05) is 16.6 Å². The summed E-state index contributed by atoms with van der Waals surface area (Å²) in [5.41, 5.74) is 1.72. The number of rotatable bonds is 6. The van der Waals surface area contributed by atoms with Gasteiger partial charge in [-0.05, 0) is 35.2 Å². The largest absolute Gasteiger partial charge is 0.496 e. The monoisotopic (exact) mass is 413 g/mol. The first-order chi connectivity index (χ1) is 14.4. The van der Waals surface area contributed by atoms with Crippen molar-refractivity contribution in [3.8, 4) is 11.5 Å². The van der Waals surface area contributed by atoms with E-state index in [1.807, 2.05) is 0 Å². The molecule has 4 rings (SSSR count). The molecule has 3 aromatic rings. The van der Waals surface area contributed by atoms with Crippen LogP contribution in [0.1, 0.15) is 21.5 Å². The number of hydrogen-bond donors (Lipinski definition) is 1. The fourth-order valence-corrected chi connectivity index (χ4v) is 3.74. The van der Waals surface area contributed by atoms with E-state index in [1.165, 1.54) is 18.1 Å². The van der Waals surface area contributed by atoms with Crippen molar-refractivity contribution in [1.82, 2.24) is 0 Å². The lowest BCUT2D eigenvalue weighted by Crippen LogP contribution is -2.23. The SMILES string of the molecule is COc1cccc2cc(OC(F)F)c3c(c12)C(=O)N(c1ccc(CC(=O)O)cc1)C3. The number of benzene rings is 3. The van der Waals surface area contributed by atoms with Crippen molar-refractivity contribution in [2.45, 2.75) is 19.6 Å². The maximum absolute atomic E-state index is 13.3. The second-order valence-corrected chi connectivity index (χ2v) is 6.79. The van der Waals surface area contributed by atoms with Crippen LogP contribution in [0.2, 0.25) is 0 Å². The van der Waals surface area contributed by atoms with Gasteiger partial charge in [0.15, 0.2) is 0 Å². The molecule has 0 aliphatic carbocycles. The first-order valence-electron chi connectivity index (χ1n) is 9.09. The van der Waals surface area contributed by atoms with E-state index < -0.39 is 12.6 Å². The van der Waals surface area contributed by atoms with Crippen LogP contribution in [0.3, 0.4) is 0 Å². The lowest BCUT2D eigenvalue weighted by atomic mass is 9.98. The lowest BCUT2D eigenvalue weighted by Gasteiger charge is -2.16. The topological polar surface area (TPSA) is 76.1 Å². The molecule has 0 unspecified atom stereocenters. The summed E-state index contributed by atoms with van der Waals surface area (Å²) in [6, 6.07) is 13.1. The highest BCUT2D eigenvalue weighted by Gasteiger charge is 2.35. The van der Waals surface area contributed by atoms with Crippen LogP contribution < -0.4 is 14.4 Å². The van der Waals surface area contributed by atoms with Gasteiger partial charge in [0.1, 0.15) is 11.5 Å². The zero-order chi connectivity index (χ0) is 21.4. The van der Waals surface area contributed by atoms with Crippen molar-refractivity contribution in [3.05, 3.63) is 65.2 Å². The molecule has 0 fully saturated rings. The molecule has 0 aromatic heterocycles. The number of aliphatic carboxylic acids is 1. The Bertz CT molecular complexity index is 1140. The average molecular weight is 413 g/mol. The molecule has 6 nitrogen and oxygen atoms in total. The number of anilines is 1. The van der Waals surface area contributed by atoms with Crippen molar-refractivity contribution in [1.29, 1.82) is 0 Å². The number of hydrogen-bond acceptors (Lipinski definition) is 4. The van der Waals surface area contributed by atoms with Gasteiger partial charge in [0.2, 0.25) is 0 Å². The van der Waals surface area contributed by atoms with E-state index in [1.54, 1.807) is 42.5 Å². The number of carbonyl (C=O) groups is 2. The first-order valence-corrected chi connectivity index (χ1v) is 9.09. The lowest BCUT2D eigenvalue weighted by molar-refractivity contribution is -0.136. The van der Waals surface area contributed by atoms with Crippen LogP contribution in [0, 0.1) is 0 Å². The highest BCUT2D eigenvalue weighted by molar-refractivity contribution is 6.19. The highest BCUT2D eigenvalue weighted by Crippen LogP contribution is 2.42. The van der Waals surface area contributed by atoms with Crippen molar-refractivity contribution in [2.24, 2.45) is 0 Å². The molecule has 0 saturated heterocycles. The minimum Gasteiger partial charge on any atom is -0.496 e. The summed E-state index contributed by atoms with van der Waals surface area (Å²) in [6.07, 6.45) is -0.136. The molecule has 1 heterocycles. The maximum Gasteiger partial charge on any atom is 0.387 e. The van der Waals surface area contributed by atoms with Gasteiger partial charge in [0.25, 0.3) is 5.91 Å². The summed E-state index contributed by atoms with van der Waals surface area (Å²) in [5.74, 6) is -0.927. The van der Waals surface area contributed by atoms with E-state index in [4.69, 9.17) is 14.6 Å². The molecule has 0 saturated carbocycles. The normalized spacial score (nSPS) is 13.1. The van der Waals surface area contributed by atoms with Gasteiger partial charge in [-0.2, -0.15) is 8.78 Å². The number of amides is 1. The van der Waals surface area contributed by atoms with Crippen LogP contribution in [0.15, 0.2) is 48.5 Å². The van der Waals surface area contributed by atoms with E-state index in [-0.39, 0.29) is 30.2 Å². The Hall–Kier alpha value is -3.68. The van der Waals surface area contributed by atoms with Crippen LogP contribution in [-0.2, 0) is 17.8 Å². The van der Waals surface area contributed by atoms with Crippen LogP contribution in [0.25, 0.3) is 10.8 Å². The zero-order valence-electron chi connectivity index (χ0n) is 15.9. The third-order valence-corrected chi connectivity index (χ3v) is 5.01. The van der Waals surface area contributed by atoms with Crippen molar-refractivity contribution >= 4 is 28.3 Å². The van der Waals surface area contributed by atoms with Crippen molar-refractivity contribution < 1.29 is 33.0 Å². The molecule has 30 heavy (non-hydrogen) atoms. The van der Waals surface area contributed by atoms with Gasteiger partial charge in [-0.1, -0.05) is 24.3 Å². The summed E-state index contributed by atoms with van der Waals surface area (Å²) in [6.45, 7) is -2.99. The van der Waals surface area contributed by atoms with Crippen molar-refractivity contribution in [2.75, 3.05) is 12.0 Å². The Balaban J connectivity index is 1.82. The second kappa shape index (κ2) is 7.62. The first kappa shape index (κ1) is 19.6. The predicted octanol–water partition coefficient (Wildman–Crippen LogP) is 4.24. The number of carboxylic acids is 1. The van der Waals surface area contributed by atoms with Gasteiger partial charge < -0.3 is 19.5 Å². The number of fused-ring (bicyclic) bond motifs is 3. The van der Waals surface area contributed by atoms with E-state index in [2.05, 4.69) is 0 Å². The summed E-state index contributed by atoms with van der Waals surface area (Å²) in [5, 5.41) is 9.99. The second-order valence-electron chi connectivity index (χ2n) is 6.79. The molecule has 3 aromatic carbocycles. The summed E-state index contributed by atoms with van der Waals surface area (Å²) in [4.78, 5) is 25.6. The molecule has 8 heteroatoms. The van der Waals surface area contributed by atoms with Gasteiger partial charge in [-0.15, -0.1) is 0 Å². The maximum atomic E-state index is 13.3. The summed E-state index contributed by atoms with van der Waals surface area (Å²) < 4.78 is 36.1. The molecule has 0 atom stereocenters. The molecule has 0 spiro atoms. The number of ether oxygens (including phenoxy) is 2. The fourth-order valence-electron chi connectivity index (χ4n) is 3.74. The Morgan fingerprint density at radius 2 is 1.90 bits per heavy atom. The summed E-state index contributed by atoms with van der Waals surface area (Å²) >= 11 is 0. The number of methoxy groups -OCH3 is 1. The molecule has 1 aliphatic heterocycles. The zero-order valence-corrected chi connectivity index (χ0v) is 15.9. The van der Waals surface area contributed by atoms with Crippen LogP contribution >= 0.6 is 0 Å². The highest BCUT2D eigenvalue weighted by atomic mass is 19.3. The van der Waals surface area contributed by atoms with E-state index in [0.29, 0.717) is 33.3 Å². The standard InChI is InChI=1S/C22H17F2NO5/c1-29-16-4-2-3-13-10-17(30-22(23)24)15-11-25(21(28)20(15)19(13)16)14-7-5-12(6-8-14)9-18(26)27/h2-8,10,22H,9,11H2,1H3,(H,26,27). The van der Waals surface area contributed by atoms with Gasteiger partial charge in [0.05, 0.1) is 25.6 Å². The Kier molecular flexibility index (Phi) is 4.99. The predicted molar refractivity (Wildman–Crippen MR) is 105 cm³/mol. The molecule has 1 N–H and O–H groups in total. The van der Waals surface area contributed by atoms with Crippen LogP contribution in [0.4, 0.5) is 14.5 Å². The number of alkyl halides is 2. The summed E-state index contributed by atoms with van der Waals surface area (Å²) in [7, 11) is 1.48. The molecular formula is C22H17F2NO5. The van der Waals surface area contributed by atoms with Crippen LogP contribution in [-0.4, -0.2) is 30.7 Å². The fraction of sp³-hybridized carbons (Fsp3) is 0.182. The van der Waals surface area contributed by atoms with Crippen molar-refractivity contribution in [3.63, 3.8) is 0 Å². The Morgan fingerprint density at radius 3 is 2.53 bits per heavy atom. The van der Waals surface area contributed by atoms with Gasteiger partial charge in [-0.25, -0.2) is 0 Å². The Morgan fingerprint density at radius 1 is 1.17 bits per heavy atom. The van der Waals surface area contributed by atoms with Gasteiger partial charge in [-0.3, -0.25) is 9.59 Å². The Labute approximate surface area is 170 Å². The number of halogens is 2. The third kappa shape index (κ3) is 3.41. The molecular weight excluding hydrogens is 396 g/mol. The van der Waals surface area contributed by atoms with Crippen LogP contribution in [0.5, 0.6) is 11.5 Å². The third-order valence-electron chi connectivity index (χ3n) is 5.01. The molecule has 1 aliphatic rings. The van der Waals surface area contributed by atoms with E-state index in [9.17, 15) is 18.4 Å². The molecule has 0 radical (unpaired) electrons.